The van der Waals surface area contributed by atoms with Crippen molar-refractivity contribution in [2.24, 2.45) is 0 Å². The van der Waals surface area contributed by atoms with Crippen molar-refractivity contribution >= 4 is 35.1 Å². The number of thioether (sulfide) groups is 1. The molecule has 0 saturated heterocycles. The second-order valence-corrected chi connectivity index (χ2v) is 7.26. The fraction of sp³-hybridized carbons (Fsp3) is 0.250. The number of carbonyl (C=O) groups excluding carboxylic acids is 1. The van der Waals surface area contributed by atoms with Crippen LogP contribution in [-0.2, 0) is 11.3 Å². The van der Waals surface area contributed by atoms with E-state index in [1.807, 2.05) is 18.4 Å². The van der Waals surface area contributed by atoms with Crippen LogP contribution < -0.4 is 5.32 Å². The van der Waals surface area contributed by atoms with Crippen molar-refractivity contribution in [3.05, 3.63) is 48.4 Å². The van der Waals surface area contributed by atoms with Gasteiger partial charge >= 0.3 is 0 Å². The quantitative estimate of drug-likeness (QED) is 0.430. The van der Waals surface area contributed by atoms with Crippen molar-refractivity contribution in [2.45, 2.75) is 25.0 Å². The van der Waals surface area contributed by atoms with Gasteiger partial charge in [-0.25, -0.2) is 14.4 Å². The van der Waals surface area contributed by atoms with Gasteiger partial charge in [0.2, 0.25) is 5.91 Å². The Hall–Kier alpha value is -2.38. The predicted molar refractivity (Wildman–Crippen MR) is 112 cm³/mol. The molecular weight excluding hydrogens is 399 g/mol. The molecule has 8 heteroatoms. The van der Waals surface area contributed by atoms with E-state index in [-0.39, 0.29) is 11.7 Å². The van der Waals surface area contributed by atoms with Crippen LogP contribution in [-0.4, -0.2) is 32.6 Å². The lowest BCUT2D eigenvalue weighted by atomic mass is 10.1. The van der Waals surface area contributed by atoms with Crippen LogP contribution in [0.4, 0.5) is 10.2 Å². The number of benzene rings is 1. The maximum Gasteiger partial charge on any atom is 0.222 e. The van der Waals surface area contributed by atoms with Crippen LogP contribution in [0.5, 0.6) is 0 Å². The molecule has 28 heavy (non-hydrogen) atoms. The van der Waals surface area contributed by atoms with Crippen LogP contribution in [0.1, 0.15) is 13.3 Å². The van der Waals surface area contributed by atoms with Gasteiger partial charge in [-0.15, -0.1) is 11.6 Å². The Kier molecular flexibility index (Phi) is 6.70. The summed E-state index contributed by atoms with van der Waals surface area (Å²) in [5, 5.41) is 3.55. The summed E-state index contributed by atoms with van der Waals surface area (Å²) in [6.45, 7) is 2.13. The van der Waals surface area contributed by atoms with Gasteiger partial charge in [-0.1, -0.05) is 11.8 Å². The summed E-state index contributed by atoms with van der Waals surface area (Å²) in [5.41, 5.74) is 3.31. The van der Waals surface area contributed by atoms with Crippen molar-refractivity contribution in [1.29, 1.82) is 0 Å². The molecule has 146 valence electrons. The summed E-state index contributed by atoms with van der Waals surface area (Å²) >= 11 is 7.47. The molecule has 1 N–H and O–H groups in total. The molecule has 0 radical (unpaired) electrons. The predicted octanol–water partition coefficient (Wildman–Crippen LogP) is 5.06. The number of carbonyl (C=O) groups is 1. The number of imidazole rings is 1. The van der Waals surface area contributed by atoms with E-state index in [4.69, 9.17) is 16.6 Å². The summed E-state index contributed by atoms with van der Waals surface area (Å²) in [6, 6.07) is 9.96. The van der Waals surface area contributed by atoms with Crippen molar-refractivity contribution in [1.82, 2.24) is 14.5 Å². The van der Waals surface area contributed by atoms with Gasteiger partial charge in [0.05, 0.1) is 11.4 Å². The van der Waals surface area contributed by atoms with Gasteiger partial charge in [-0.2, -0.15) is 0 Å². The van der Waals surface area contributed by atoms with Crippen molar-refractivity contribution in [3.63, 3.8) is 0 Å². The minimum absolute atomic E-state index is 0.191. The molecule has 2 aromatic heterocycles. The Balaban J connectivity index is 2.19. The Morgan fingerprint density at radius 1 is 1.25 bits per heavy atom. The SMILES string of the molecule is CSc1nc(-c2ccc(F)cc2)c(-c2ccnc(NC(C)=O)c2)n1CCCCl. The lowest BCUT2D eigenvalue weighted by Gasteiger charge is -2.13. The first-order valence-corrected chi connectivity index (χ1v) is 10.5. The maximum absolute atomic E-state index is 13.4. The summed E-state index contributed by atoms with van der Waals surface area (Å²) < 4.78 is 15.5. The molecule has 5 nitrogen and oxygen atoms in total. The zero-order valence-corrected chi connectivity index (χ0v) is 17.1. The molecule has 0 aliphatic heterocycles. The van der Waals surface area contributed by atoms with E-state index < -0.39 is 0 Å². The van der Waals surface area contributed by atoms with Gasteiger partial charge in [-0.05, 0) is 49.1 Å². The highest BCUT2D eigenvalue weighted by molar-refractivity contribution is 7.98. The minimum atomic E-state index is -0.297. The van der Waals surface area contributed by atoms with E-state index in [2.05, 4.69) is 14.9 Å². The zero-order valence-electron chi connectivity index (χ0n) is 15.6. The minimum Gasteiger partial charge on any atom is -0.318 e. The van der Waals surface area contributed by atoms with Crippen LogP contribution in [0.3, 0.4) is 0 Å². The molecule has 0 aliphatic rings. The Morgan fingerprint density at radius 2 is 2.00 bits per heavy atom. The normalized spacial score (nSPS) is 10.9. The molecule has 3 aromatic rings. The maximum atomic E-state index is 13.4. The number of nitrogens with one attached hydrogen (secondary N) is 1. The van der Waals surface area contributed by atoms with Gasteiger partial charge in [0.1, 0.15) is 11.6 Å². The van der Waals surface area contributed by atoms with E-state index >= 15 is 0 Å². The fourth-order valence-electron chi connectivity index (χ4n) is 2.94. The Labute approximate surface area is 172 Å². The number of amides is 1. The molecule has 0 atom stereocenters. The Bertz CT molecular complexity index is 975. The van der Waals surface area contributed by atoms with Crippen LogP contribution >= 0.6 is 23.4 Å². The van der Waals surface area contributed by atoms with Crippen LogP contribution in [0.25, 0.3) is 22.5 Å². The second-order valence-electron chi connectivity index (χ2n) is 6.11. The smallest absolute Gasteiger partial charge is 0.222 e. The molecule has 0 aliphatic carbocycles. The van der Waals surface area contributed by atoms with Gasteiger partial charge in [0.15, 0.2) is 5.16 Å². The first kappa shape index (κ1) is 20.4. The molecule has 0 saturated carbocycles. The van der Waals surface area contributed by atoms with Crippen molar-refractivity contribution in [3.8, 4) is 22.5 Å². The summed E-state index contributed by atoms with van der Waals surface area (Å²) in [6.07, 6.45) is 4.39. The van der Waals surface area contributed by atoms with E-state index in [0.717, 1.165) is 34.1 Å². The second kappa shape index (κ2) is 9.21. The Morgan fingerprint density at radius 3 is 2.64 bits per heavy atom. The number of hydrogen-bond acceptors (Lipinski definition) is 4. The highest BCUT2D eigenvalue weighted by Gasteiger charge is 2.20. The number of halogens is 2. The summed E-state index contributed by atoms with van der Waals surface area (Å²) in [5.74, 6) is 0.508. The largest absolute Gasteiger partial charge is 0.318 e. The van der Waals surface area contributed by atoms with Crippen LogP contribution in [0, 0.1) is 5.82 Å². The highest BCUT2D eigenvalue weighted by Crippen LogP contribution is 2.36. The number of anilines is 1. The number of nitrogens with zero attached hydrogens (tertiary/aromatic N) is 3. The number of pyridine rings is 1. The molecule has 3 rings (SSSR count). The van der Waals surface area contributed by atoms with Crippen molar-refractivity contribution in [2.75, 3.05) is 17.5 Å². The highest BCUT2D eigenvalue weighted by atomic mass is 35.5. The number of alkyl halides is 1. The first-order chi connectivity index (χ1) is 13.5. The standard InChI is InChI=1S/C20H20ClFN4OS/c1-13(27)24-17-12-15(8-10-23-17)19-18(14-4-6-16(22)7-5-14)25-20(28-2)26(19)11-3-9-21/h4-8,10,12H,3,9,11H2,1-2H3,(H,23,24,27). The monoisotopic (exact) mass is 418 g/mol. The van der Waals surface area contributed by atoms with Gasteiger partial charge in [-0.3, -0.25) is 4.79 Å². The topological polar surface area (TPSA) is 59.8 Å². The third kappa shape index (κ3) is 4.54. The molecule has 1 aromatic carbocycles. The third-order valence-electron chi connectivity index (χ3n) is 4.09. The van der Waals surface area contributed by atoms with Gasteiger partial charge < -0.3 is 9.88 Å². The molecule has 0 bridgehead atoms. The van der Waals surface area contributed by atoms with E-state index in [1.54, 1.807) is 18.3 Å². The lowest BCUT2D eigenvalue weighted by molar-refractivity contribution is -0.114. The average Bonchev–Trinajstić information content (AvgIpc) is 3.05. The molecule has 1 amide bonds. The molecule has 0 spiro atoms. The number of aromatic nitrogens is 3. The average molecular weight is 419 g/mol. The van der Waals surface area contributed by atoms with E-state index in [9.17, 15) is 9.18 Å². The summed E-state index contributed by atoms with van der Waals surface area (Å²) in [7, 11) is 0. The van der Waals surface area contributed by atoms with Crippen LogP contribution in [0.15, 0.2) is 47.8 Å². The number of rotatable bonds is 7. The van der Waals surface area contributed by atoms with E-state index in [1.165, 1.54) is 30.8 Å². The molecule has 0 unspecified atom stereocenters. The zero-order chi connectivity index (χ0) is 20.1. The number of hydrogen-bond donors (Lipinski definition) is 1. The third-order valence-corrected chi connectivity index (χ3v) is 5.03. The fourth-order valence-corrected chi connectivity index (χ4v) is 3.65. The van der Waals surface area contributed by atoms with E-state index in [0.29, 0.717) is 18.2 Å². The first-order valence-electron chi connectivity index (χ1n) is 8.74. The van der Waals surface area contributed by atoms with Crippen molar-refractivity contribution < 1.29 is 9.18 Å². The lowest BCUT2D eigenvalue weighted by Crippen LogP contribution is -2.08. The summed E-state index contributed by atoms with van der Waals surface area (Å²) in [4.78, 5) is 20.4. The van der Waals surface area contributed by atoms with Gasteiger partial charge in [0, 0.05) is 36.7 Å². The van der Waals surface area contributed by atoms with Gasteiger partial charge in [0.25, 0.3) is 0 Å². The molecule has 0 fully saturated rings. The molecular formula is C20H20ClFN4OS. The van der Waals surface area contributed by atoms with Crippen LogP contribution in [0.2, 0.25) is 0 Å². The molecule has 2 heterocycles.